The van der Waals surface area contributed by atoms with Gasteiger partial charge in [-0.25, -0.2) is 4.98 Å². The van der Waals surface area contributed by atoms with Crippen molar-refractivity contribution in [2.75, 3.05) is 7.11 Å². The second-order valence-electron chi connectivity index (χ2n) is 9.24. The molecule has 2 amide bonds. The largest absolute Gasteiger partial charge is 0.489 e. The fourth-order valence-corrected chi connectivity index (χ4v) is 4.98. The third-order valence-corrected chi connectivity index (χ3v) is 7.13. The Bertz CT molecular complexity index is 1640. The molecule has 0 atom stereocenters. The topological polar surface area (TPSA) is 98.8 Å². The van der Waals surface area contributed by atoms with Crippen LogP contribution in [0.2, 0.25) is 0 Å². The number of hydrogen-bond acceptors (Lipinski definition) is 7. The fourth-order valence-electron chi connectivity index (χ4n) is 4.15. The van der Waals surface area contributed by atoms with E-state index >= 15 is 0 Å². The van der Waals surface area contributed by atoms with Gasteiger partial charge < -0.3 is 14.2 Å². The van der Waals surface area contributed by atoms with Gasteiger partial charge in [-0.3, -0.25) is 20.4 Å². The SMILES string of the molecule is COCc1cc(OCc2ccccc2)ccc1C(=O)NNC(=O)c1csc(-c2ccccc2OCc2ccccc2)n1. The molecule has 0 aliphatic rings. The fraction of sp³-hybridized carbons (Fsp3) is 0.121. The monoisotopic (exact) mass is 579 g/mol. The molecule has 5 rings (SSSR count). The lowest BCUT2D eigenvalue weighted by Crippen LogP contribution is -2.42. The molecule has 0 bridgehead atoms. The molecule has 1 heterocycles. The number of thiazole rings is 1. The minimum absolute atomic E-state index is 0.176. The molecule has 2 N–H and O–H groups in total. The number of methoxy groups -OCH3 is 1. The maximum absolute atomic E-state index is 13.0. The van der Waals surface area contributed by atoms with E-state index in [9.17, 15) is 9.59 Å². The van der Waals surface area contributed by atoms with Crippen LogP contribution in [0.1, 0.15) is 37.5 Å². The lowest BCUT2D eigenvalue weighted by atomic mass is 10.1. The smallest absolute Gasteiger partial charge is 0.289 e. The normalized spacial score (nSPS) is 10.6. The van der Waals surface area contributed by atoms with Gasteiger partial charge in [-0.2, -0.15) is 0 Å². The summed E-state index contributed by atoms with van der Waals surface area (Å²) in [5.41, 5.74) is 8.94. The third kappa shape index (κ3) is 7.39. The molecule has 0 spiro atoms. The lowest BCUT2D eigenvalue weighted by molar-refractivity contribution is 0.0842. The number of ether oxygens (including phenoxy) is 3. The van der Waals surface area contributed by atoms with Crippen molar-refractivity contribution < 1.29 is 23.8 Å². The van der Waals surface area contributed by atoms with Crippen LogP contribution in [0.3, 0.4) is 0 Å². The van der Waals surface area contributed by atoms with Gasteiger partial charge in [0.05, 0.1) is 12.2 Å². The Morgan fingerprint density at radius 3 is 2.10 bits per heavy atom. The van der Waals surface area contributed by atoms with Gasteiger partial charge in [-0.1, -0.05) is 72.8 Å². The summed E-state index contributed by atoms with van der Waals surface area (Å²) in [6, 6.07) is 32.3. The predicted molar refractivity (Wildman–Crippen MR) is 161 cm³/mol. The van der Waals surface area contributed by atoms with E-state index in [1.54, 1.807) is 30.7 Å². The van der Waals surface area contributed by atoms with E-state index in [0.717, 1.165) is 16.7 Å². The summed E-state index contributed by atoms with van der Waals surface area (Å²) in [7, 11) is 1.55. The van der Waals surface area contributed by atoms with E-state index in [1.807, 2.05) is 84.9 Å². The number of carbonyl (C=O) groups excluding carboxylic acids is 2. The summed E-state index contributed by atoms with van der Waals surface area (Å²) in [6.45, 7) is 1.00. The summed E-state index contributed by atoms with van der Waals surface area (Å²) in [5, 5.41) is 2.27. The molecule has 9 heteroatoms. The number of aromatic nitrogens is 1. The zero-order valence-corrected chi connectivity index (χ0v) is 23.7. The van der Waals surface area contributed by atoms with Crippen molar-refractivity contribution in [3.8, 4) is 22.1 Å². The molecule has 212 valence electrons. The van der Waals surface area contributed by atoms with Crippen molar-refractivity contribution in [3.63, 3.8) is 0 Å². The molecule has 0 fully saturated rings. The van der Waals surface area contributed by atoms with Crippen molar-refractivity contribution in [1.82, 2.24) is 15.8 Å². The number of hydrogen-bond donors (Lipinski definition) is 2. The van der Waals surface area contributed by atoms with Gasteiger partial charge in [-0.15, -0.1) is 11.3 Å². The molecule has 0 aliphatic carbocycles. The molecular weight excluding hydrogens is 550 g/mol. The number of nitrogens with one attached hydrogen (secondary N) is 2. The van der Waals surface area contributed by atoms with E-state index < -0.39 is 11.8 Å². The minimum atomic E-state index is -0.537. The van der Waals surface area contributed by atoms with E-state index in [2.05, 4.69) is 15.8 Å². The number of hydrazine groups is 1. The average Bonchev–Trinajstić information content (AvgIpc) is 3.53. The Kier molecular flexibility index (Phi) is 9.56. The van der Waals surface area contributed by atoms with Gasteiger partial charge in [0, 0.05) is 18.1 Å². The van der Waals surface area contributed by atoms with E-state index in [-0.39, 0.29) is 12.3 Å². The molecule has 0 aliphatic heterocycles. The Balaban J connectivity index is 1.21. The number of para-hydroxylation sites is 1. The summed E-state index contributed by atoms with van der Waals surface area (Å²) in [5.74, 6) is 0.247. The highest BCUT2D eigenvalue weighted by Crippen LogP contribution is 2.32. The number of benzene rings is 4. The summed E-state index contributed by atoms with van der Waals surface area (Å²) < 4.78 is 17.2. The summed E-state index contributed by atoms with van der Waals surface area (Å²) >= 11 is 1.32. The number of amides is 2. The molecule has 4 aromatic carbocycles. The second-order valence-corrected chi connectivity index (χ2v) is 10.1. The van der Waals surface area contributed by atoms with Crippen molar-refractivity contribution in [2.45, 2.75) is 19.8 Å². The van der Waals surface area contributed by atoms with Crippen LogP contribution in [0.5, 0.6) is 11.5 Å². The Morgan fingerprint density at radius 1 is 0.738 bits per heavy atom. The van der Waals surface area contributed by atoms with Crippen LogP contribution in [0.4, 0.5) is 0 Å². The minimum Gasteiger partial charge on any atom is -0.489 e. The van der Waals surface area contributed by atoms with Crippen molar-refractivity contribution in [3.05, 3.63) is 136 Å². The Labute approximate surface area is 247 Å². The first-order valence-corrected chi connectivity index (χ1v) is 14.1. The van der Waals surface area contributed by atoms with Crippen LogP contribution in [-0.2, 0) is 24.6 Å². The van der Waals surface area contributed by atoms with Gasteiger partial charge in [0.2, 0.25) is 0 Å². The molecule has 5 aromatic rings. The second kappa shape index (κ2) is 14.1. The molecule has 8 nitrogen and oxygen atoms in total. The van der Waals surface area contributed by atoms with Crippen LogP contribution in [0.15, 0.2) is 109 Å². The van der Waals surface area contributed by atoms with Gasteiger partial charge in [0.15, 0.2) is 0 Å². The zero-order chi connectivity index (χ0) is 29.1. The molecular formula is C33H29N3O5S. The number of carbonyl (C=O) groups is 2. The summed E-state index contributed by atoms with van der Waals surface area (Å²) in [4.78, 5) is 30.3. The highest BCUT2D eigenvalue weighted by Gasteiger charge is 2.17. The standard InChI is InChI=1S/C33H29N3O5S/c1-39-21-25-18-26(40-19-23-10-4-2-5-11-23)16-17-27(25)31(37)35-36-32(38)29-22-42-33(34-29)28-14-8-9-15-30(28)41-20-24-12-6-3-7-13-24/h2-18,22H,19-21H2,1H3,(H,35,37)(H,36,38). The maximum atomic E-state index is 13.0. The first kappa shape index (κ1) is 28.5. The number of nitrogens with zero attached hydrogens (tertiary/aromatic N) is 1. The molecule has 0 saturated carbocycles. The van der Waals surface area contributed by atoms with Gasteiger partial charge in [0.25, 0.3) is 11.8 Å². The third-order valence-electron chi connectivity index (χ3n) is 6.25. The van der Waals surface area contributed by atoms with Crippen molar-refractivity contribution in [1.29, 1.82) is 0 Å². The van der Waals surface area contributed by atoms with Crippen LogP contribution in [0.25, 0.3) is 10.6 Å². The molecule has 42 heavy (non-hydrogen) atoms. The summed E-state index contributed by atoms with van der Waals surface area (Å²) in [6.07, 6.45) is 0. The molecule has 1 aromatic heterocycles. The van der Waals surface area contributed by atoms with Crippen LogP contribution in [0, 0.1) is 0 Å². The van der Waals surface area contributed by atoms with E-state index in [4.69, 9.17) is 14.2 Å². The quantitative estimate of drug-likeness (QED) is 0.181. The van der Waals surface area contributed by atoms with Crippen LogP contribution < -0.4 is 20.3 Å². The van der Waals surface area contributed by atoms with Gasteiger partial charge in [-0.05, 0) is 47.0 Å². The van der Waals surface area contributed by atoms with Crippen molar-refractivity contribution in [2.24, 2.45) is 0 Å². The van der Waals surface area contributed by atoms with E-state index in [1.165, 1.54) is 11.3 Å². The predicted octanol–water partition coefficient (Wildman–Crippen LogP) is 6.19. The Morgan fingerprint density at radius 2 is 1.38 bits per heavy atom. The zero-order valence-electron chi connectivity index (χ0n) is 22.9. The molecule has 0 saturated heterocycles. The highest BCUT2D eigenvalue weighted by molar-refractivity contribution is 7.13. The Hall–Kier alpha value is -4.99. The molecule has 0 unspecified atom stereocenters. The van der Waals surface area contributed by atoms with E-state index in [0.29, 0.717) is 40.8 Å². The average molecular weight is 580 g/mol. The number of rotatable bonds is 11. The lowest BCUT2D eigenvalue weighted by Gasteiger charge is -2.13. The van der Waals surface area contributed by atoms with Crippen molar-refractivity contribution >= 4 is 23.2 Å². The van der Waals surface area contributed by atoms with Gasteiger partial charge >= 0.3 is 0 Å². The van der Waals surface area contributed by atoms with Crippen LogP contribution in [-0.4, -0.2) is 23.9 Å². The first-order chi connectivity index (χ1) is 20.6. The van der Waals surface area contributed by atoms with Crippen LogP contribution >= 0.6 is 11.3 Å². The molecule has 0 radical (unpaired) electrons. The maximum Gasteiger partial charge on any atom is 0.289 e. The first-order valence-electron chi connectivity index (χ1n) is 13.2. The highest BCUT2D eigenvalue weighted by atomic mass is 32.1. The van der Waals surface area contributed by atoms with Gasteiger partial charge in [0.1, 0.15) is 35.4 Å².